The second-order valence-corrected chi connectivity index (χ2v) is 12.6. The molecule has 2 amide bonds. The fraction of sp³-hybridized carbons (Fsp3) is 0.455. The molecule has 10 nitrogen and oxygen atoms in total. The number of benzene rings is 1. The Labute approximate surface area is 252 Å². The van der Waals surface area contributed by atoms with E-state index in [1.165, 1.54) is 5.56 Å². The van der Waals surface area contributed by atoms with Crippen LogP contribution in [0.15, 0.2) is 72.0 Å². The van der Waals surface area contributed by atoms with Gasteiger partial charge in [0.1, 0.15) is 5.82 Å². The summed E-state index contributed by atoms with van der Waals surface area (Å²) < 4.78 is 3.79. The average Bonchev–Trinajstić information content (AvgIpc) is 3.75. The number of carbonyl (C=O) groups is 1. The third-order valence-electron chi connectivity index (χ3n) is 10.2. The summed E-state index contributed by atoms with van der Waals surface area (Å²) in [6.07, 6.45) is 11.4. The lowest BCUT2D eigenvalue weighted by Crippen LogP contribution is -2.52. The number of hydrogen-bond acceptors (Lipinski definition) is 6. The number of aryl methyl sites for hydroxylation is 1. The van der Waals surface area contributed by atoms with Crippen LogP contribution in [0.4, 0.5) is 16.3 Å². The number of piperidine rings is 1. The van der Waals surface area contributed by atoms with Crippen LogP contribution >= 0.6 is 0 Å². The monoisotopic (exact) mass is 580 g/mol. The molecule has 1 spiro atoms. The Morgan fingerprint density at radius 1 is 0.930 bits per heavy atom. The molecule has 3 aromatic heterocycles. The highest BCUT2D eigenvalue weighted by molar-refractivity contribution is 5.78. The largest absolute Gasteiger partial charge is 0.370 e. The molecule has 3 aliphatic heterocycles. The maximum absolute atomic E-state index is 13.3. The molecule has 1 atom stereocenters. The van der Waals surface area contributed by atoms with E-state index < -0.39 is 0 Å². The van der Waals surface area contributed by atoms with Crippen molar-refractivity contribution in [2.75, 3.05) is 49.1 Å². The zero-order valence-corrected chi connectivity index (χ0v) is 25.1. The molecule has 3 saturated heterocycles. The number of urea groups is 1. The maximum Gasteiger partial charge on any atom is 0.318 e. The molecule has 0 aliphatic carbocycles. The molecule has 6 heterocycles. The van der Waals surface area contributed by atoms with Crippen LogP contribution in [0, 0.1) is 6.92 Å². The van der Waals surface area contributed by atoms with Crippen LogP contribution in [0.25, 0.3) is 5.65 Å². The summed E-state index contributed by atoms with van der Waals surface area (Å²) >= 11 is 0. The number of hydrogen-bond donors (Lipinski definition) is 1. The van der Waals surface area contributed by atoms with Crippen LogP contribution in [0.3, 0.4) is 0 Å². The van der Waals surface area contributed by atoms with Crippen LogP contribution in [0.5, 0.6) is 0 Å². The standard InChI is InChI=1S/C33H40N8O2/c1-3-32(26-7-5-4-6-8-26)9-13-39(23-32)27-19-25(2)41(30(42)20-27)18-17-40-24-33(36-31(40)43)10-14-37(15-11-33)29-22-38-16-12-34-28(38)21-35-29/h4-8,12,16,19-22H,3,9-11,13-15,17-18,23-24H2,1-2H3,(H,36,43)/t32-/m1/s1. The van der Waals surface area contributed by atoms with E-state index in [1.54, 1.807) is 18.5 Å². The minimum Gasteiger partial charge on any atom is -0.370 e. The Hall–Kier alpha value is -4.34. The molecule has 10 heteroatoms. The predicted molar refractivity (Wildman–Crippen MR) is 168 cm³/mol. The summed E-state index contributed by atoms with van der Waals surface area (Å²) in [6, 6.07) is 14.6. The van der Waals surface area contributed by atoms with Crippen LogP contribution in [-0.4, -0.2) is 74.7 Å². The fourth-order valence-corrected chi connectivity index (χ4v) is 7.40. The second kappa shape index (κ2) is 10.7. The summed E-state index contributed by atoms with van der Waals surface area (Å²) in [4.78, 5) is 41.7. The SMILES string of the molecule is CC[C@@]1(c2ccccc2)CCN(c2cc(C)n(CCN3CC4(CCN(c5cn6ccnc6cn5)CC4)NC3=O)c(=O)c2)C1. The molecule has 7 rings (SSSR count). The smallest absolute Gasteiger partial charge is 0.318 e. The van der Waals surface area contributed by atoms with Crippen molar-refractivity contribution < 1.29 is 4.79 Å². The molecule has 1 aromatic carbocycles. The summed E-state index contributed by atoms with van der Waals surface area (Å²) in [6.45, 7) is 9.41. The van der Waals surface area contributed by atoms with E-state index in [2.05, 4.69) is 68.4 Å². The average molecular weight is 581 g/mol. The zero-order valence-electron chi connectivity index (χ0n) is 25.1. The van der Waals surface area contributed by atoms with E-state index in [1.807, 2.05) is 33.2 Å². The molecule has 0 unspecified atom stereocenters. The lowest BCUT2D eigenvalue weighted by Gasteiger charge is -2.39. The van der Waals surface area contributed by atoms with Crippen molar-refractivity contribution in [1.82, 2.24) is 29.2 Å². The molecule has 1 N–H and O–H groups in total. The van der Waals surface area contributed by atoms with Gasteiger partial charge in [0.05, 0.1) is 17.9 Å². The van der Waals surface area contributed by atoms with Gasteiger partial charge in [-0.05, 0) is 44.2 Å². The lowest BCUT2D eigenvalue weighted by atomic mass is 9.77. The number of aromatic nitrogens is 4. The molecule has 3 fully saturated rings. The van der Waals surface area contributed by atoms with E-state index in [0.717, 1.165) is 74.7 Å². The summed E-state index contributed by atoms with van der Waals surface area (Å²) in [5.74, 6) is 0.925. The summed E-state index contributed by atoms with van der Waals surface area (Å²) in [7, 11) is 0. The maximum atomic E-state index is 13.3. The van der Waals surface area contributed by atoms with Gasteiger partial charge >= 0.3 is 6.03 Å². The van der Waals surface area contributed by atoms with Gasteiger partial charge in [-0.1, -0.05) is 37.3 Å². The van der Waals surface area contributed by atoms with Crippen LogP contribution in [-0.2, 0) is 12.0 Å². The minimum atomic E-state index is -0.239. The van der Waals surface area contributed by atoms with Crippen molar-refractivity contribution in [1.29, 1.82) is 0 Å². The van der Waals surface area contributed by atoms with Gasteiger partial charge in [-0.25, -0.2) is 14.8 Å². The van der Waals surface area contributed by atoms with Crippen molar-refractivity contribution in [3.8, 4) is 0 Å². The topological polar surface area (TPSA) is 91.0 Å². The predicted octanol–water partition coefficient (Wildman–Crippen LogP) is 3.82. The summed E-state index contributed by atoms with van der Waals surface area (Å²) in [5.41, 5.74) is 4.01. The molecular formula is C33H40N8O2. The molecule has 0 saturated carbocycles. The number of carbonyl (C=O) groups excluding carboxylic acids is 1. The van der Waals surface area contributed by atoms with Gasteiger partial charge in [-0.3, -0.25) is 4.79 Å². The van der Waals surface area contributed by atoms with Crippen LogP contribution in [0.2, 0.25) is 0 Å². The van der Waals surface area contributed by atoms with Crippen molar-refractivity contribution in [3.05, 3.63) is 88.9 Å². The zero-order chi connectivity index (χ0) is 29.6. The number of nitrogens with one attached hydrogen (secondary N) is 1. The molecule has 3 aliphatic rings. The second-order valence-electron chi connectivity index (χ2n) is 12.6. The molecule has 224 valence electrons. The van der Waals surface area contributed by atoms with E-state index >= 15 is 0 Å². The Balaban J connectivity index is 0.978. The first kappa shape index (κ1) is 27.5. The quantitative estimate of drug-likeness (QED) is 0.358. The van der Waals surface area contributed by atoms with E-state index in [-0.39, 0.29) is 22.5 Å². The molecule has 0 bridgehead atoms. The van der Waals surface area contributed by atoms with Crippen molar-refractivity contribution in [2.45, 2.75) is 57.0 Å². The number of amides is 2. The van der Waals surface area contributed by atoms with E-state index in [4.69, 9.17) is 0 Å². The van der Waals surface area contributed by atoms with Crippen molar-refractivity contribution in [3.63, 3.8) is 0 Å². The van der Waals surface area contributed by atoms with Gasteiger partial charge in [0.2, 0.25) is 0 Å². The Morgan fingerprint density at radius 3 is 2.49 bits per heavy atom. The third kappa shape index (κ3) is 5.02. The highest BCUT2D eigenvalue weighted by Crippen LogP contribution is 2.39. The van der Waals surface area contributed by atoms with Gasteiger partial charge in [0.25, 0.3) is 5.56 Å². The van der Waals surface area contributed by atoms with Gasteiger partial charge in [0.15, 0.2) is 5.65 Å². The third-order valence-corrected chi connectivity index (χ3v) is 10.2. The van der Waals surface area contributed by atoms with Gasteiger partial charge in [-0.2, -0.15) is 0 Å². The Bertz CT molecular complexity index is 1690. The molecular weight excluding hydrogens is 540 g/mol. The Morgan fingerprint density at radius 2 is 1.72 bits per heavy atom. The van der Waals surface area contributed by atoms with Crippen molar-refractivity contribution in [2.24, 2.45) is 0 Å². The number of fused-ring (bicyclic) bond motifs is 1. The summed E-state index contributed by atoms with van der Waals surface area (Å²) in [5, 5.41) is 3.29. The van der Waals surface area contributed by atoms with Gasteiger partial charge < -0.3 is 29.0 Å². The minimum absolute atomic E-state index is 0.00584. The fourth-order valence-electron chi connectivity index (χ4n) is 7.40. The highest BCUT2D eigenvalue weighted by Gasteiger charge is 2.44. The van der Waals surface area contributed by atoms with Gasteiger partial charge in [0, 0.05) is 81.1 Å². The molecule has 0 radical (unpaired) electrons. The number of anilines is 2. The first-order chi connectivity index (χ1) is 20.9. The normalized spacial score (nSPS) is 21.7. The Kier molecular flexibility index (Phi) is 6.86. The molecule has 43 heavy (non-hydrogen) atoms. The highest BCUT2D eigenvalue weighted by atomic mass is 16.2. The molecule has 4 aromatic rings. The first-order valence-electron chi connectivity index (χ1n) is 15.5. The van der Waals surface area contributed by atoms with Crippen molar-refractivity contribution >= 4 is 23.2 Å². The lowest BCUT2D eigenvalue weighted by molar-refractivity contribution is 0.215. The van der Waals surface area contributed by atoms with Crippen LogP contribution < -0.4 is 20.7 Å². The number of rotatable bonds is 7. The number of nitrogens with zero attached hydrogens (tertiary/aromatic N) is 7. The van der Waals surface area contributed by atoms with E-state index in [0.29, 0.717) is 19.6 Å². The number of pyridine rings is 1. The number of imidazole rings is 1. The first-order valence-corrected chi connectivity index (χ1v) is 15.5. The van der Waals surface area contributed by atoms with Crippen LogP contribution in [0.1, 0.15) is 43.9 Å². The van der Waals surface area contributed by atoms with E-state index in [9.17, 15) is 9.59 Å². The van der Waals surface area contributed by atoms with Gasteiger partial charge in [-0.15, -0.1) is 0 Å².